The number of allylic oxidation sites excluding steroid dienone is 1. The van der Waals surface area contributed by atoms with Gasteiger partial charge in [-0.1, -0.05) is 30.3 Å². The van der Waals surface area contributed by atoms with Gasteiger partial charge in [-0.05, 0) is 6.92 Å². The number of nitrogens with zero attached hydrogens (tertiary/aromatic N) is 1. The maximum absolute atomic E-state index is 11.1. The lowest BCUT2D eigenvalue weighted by Gasteiger charge is -2.08. The highest BCUT2D eigenvalue weighted by molar-refractivity contribution is 7.86. The predicted octanol–water partition coefficient (Wildman–Crippen LogP) is 1.92. The van der Waals surface area contributed by atoms with Crippen molar-refractivity contribution in [1.82, 2.24) is 0 Å². The second-order valence-electron chi connectivity index (χ2n) is 3.22. The van der Waals surface area contributed by atoms with E-state index < -0.39 is 10.1 Å². The molecule has 1 aromatic rings. The minimum Gasteiger partial charge on any atom is -0.381 e. The van der Waals surface area contributed by atoms with Gasteiger partial charge in [-0.15, -0.1) is 0 Å². The maximum Gasteiger partial charge on any atom is 0.306 e. The summed E-state index contributed by atoms with van der Waals surface area (Å²) < 4.78 is 26.9. The van der Waals surface area contributed by atoms with E-state index in [1.165, 1.54) is 6.92 Å². The van der Waals surface area contributed by atoms with Crippen LogP contribution in [0.3, 0.4) is 0 Å². The molecule has 5 heteroatoms. The van der Waals surface area contributed by atoms with Crippen LogP contribution in [0.2, 0.25) is 0 Å². The van der Waals surface area contributed by atoms with E-state index >= 15 is 0 Å². The molecule has 0 saturated heterocycles. The summed E-state index contributed by atoms with van der Waals surface area (Å²) in [4.78, 5) is 0. The number of hydrogen-bond acceptors (Lipinski definition) is 4. The van der Waals surface area contributed by atoms with Crippen LogP contribution in [-0.2, 0) is 14.3 Å². The lowest BCUT2D eigenvalue weighted by atomic mass is 10.1. The monoisotopic (exact) mass is 237 g/mol. The van der Waals surface area contributed by atoms with Crippen LogP contribution in [0.15, 0.2) is 35.9 Å². The maximum atomic E-state index is 11.1. The van der Waals surface area contributed by atoms with Crippen LogP contribution in [0.25, 0.3) is 5.76 Å². The summed E-state index contributed by atoms with van der Waals surface area (Å²) in [7, 11) is -3.64. The fourth-order valence-corrected chi connectivity index (χ4v) is 1.64. The molecule has 0 saturated carbocycles. The van der Waals surface area contributed by atoms with Gasteiger partial charge in [-0.25, -0.2) is 0 Å². The van der Waals surface area contributed by atoms with Crippen LogP contribution in [0.5, 0.6) is 0 Å². The van der Waals surface area contributed by atoms with Crippen molar-refractivity contribution >= 4 is 15.9 Å². The van der Waals surface area contributed by atoms with Gasteiger partial charge in [-0.3, -0.25) is 0 Å². The van der Waals surface area contributed by atoms with Crippen molar-refractivity contribution in [1.29, 1.82) is 5.26 Å². The SMILES string of the molecule is C/C(C#N)=C(/OS(C)(=O)=O)c1ccccc1. The number of nitriles is 1. The van der Waals surface area contributed by atoms with E-state index in [-0.39, 0.29) is 11.3 Å². The van der Waals surface area contributed by atoms with Crippen LogP contribution < -0.4 is 0 Å². The topological polar surface area (TPSA) is 67.2 Å². The van der Waals surface area contributed by atoms with Gasteiger partial charge in [0.2, 0.25) is 0 Å². The molecule has 16 heavy (non-hydrogen) atoms. The summed E-state index contributed by atoms with van der Waals surface area (Å²) in [5, 5.41) is 8.78. The lowest BCUT2D eigenvalue weighted by molar-refractivity contribution is 0.468. The summed E-state index contributed by atoms with van der Waals surface area (Å²) in [6.45, 7) is 1.51. The first-order chi connectivity index (χ1) is 7.44. The van der Waals surface area contributed by atoms with Crippen LogP contribution in [-0.4, -0.2) is 14.7 Å². The number of benzene rings is 1. The first-order valence-corrected chi connectivity index (χ1v) is 6.31. The largest absolute Gasteiger partial charge is 0.381 e. The van der Waals surface area contributed by atoms with Gasteiger partial charge >= 0.3 is 10.1 Å². The van der Waals surface area contributed by atoms with Crippen molar-refractivity contribution in [2.24, 2.45) is 0 Å². The Morgan fingerprint density at radius 3 is 2.31 bits per heavy atom. The quantitative estimate of drug-likeness (QED) is 0.457. The highest BCUT2D eigenvalue weighted by Gasteiger charge is 2.13. The molecule has 1 aromatic carbocycles. The molecule has 0 bridgehead atoms. The molecule has 0 heterocycles. The van der Waals surface area contributed by atoms with Crippen LogP contribution in [0.1, 0.15) is 12.5 Å². The molecule has 0 N–H and O–H groups in total. The molecular weight excluding hydrogens is 226 g/mol. The molecule has 0 fully saturated rings. The molecule has 0 amide bonds. The lowest BCUT2D eigenvalue weighted by Crippen LogP contribution is -2.03. The van der Waals surface area contributed by atoms with Gasteiger partial charge in [0, 0.05) is 5.56 Å². The second kappa shape index (κ2) is 4.81. The minimum atomic E-state index is -3.64. The molecule has 84 valence electrons. The Morgan fingerprint density at radius 2 is 1.88 bits per heavy atom. The number of rotatable bonds is 3. The summed E-state index contributed by atoms with van der Waals surface area (Å²) in [5.41, 5.74) is 0.781. The zero-order chi connectivity index (χ0) is 12.2. The van der Waals surface area contributed by atoms with E-state index in [9.17, 15) is 8.42 Å². The van der Waals surface area contributed by atoms with Gasteiger partial charge < -0.3 is 4.18 Å². The molecule has 0 aromatic heterocycles. The van der Waals surface area contributed by atoms with E-state index in [0.717, 1.165) is 6.26 Å². The molecule has 4 nitrogen and oxygen atoms in total. The summed E-state index contributed by atoms with van der Waals surface area (Å²) in [6.07, 6.45) is 0.945. The fourth-order valence-electron chi connectivity index (χ4n) is 1.12. The van der Waals surface area contributed by atoms with Crippen molar-refractivity contribution in [3.63, 3.8) is 0 Å². The van der Waals surface area contributed by atoms with Crippen LogP contribution in [0.4, 0.5) is 0 Å². The van der Waals surface area contributed by atoms with Gasteiger partial charge in [-0.2, -0.15) is 13.7 Å². The fraction of sp³-hybridized carbons (Fsp3) is 0.182. The van der Waals surface area contributed by atoms with Gasteiger partial charge in [0.1, 0.15) is 0 Å². The summed E-state index contributed by atoms with van der Waals surface area (Å²) in [6, 6.07) is 10.5. The molecule has 0 radical (unpaired) electrons. The molecule has 0 aliphatic carbocycles. The third-order valence-electron chi connectivity index (χ3n) is 1.78. The zero-order valence-electron chi connectivity index (χ0n) is 8.97. The van der Waals surface area contributed by atoms with Crippen LogP contribution >= 0.6 is 0 Å². The van der Waals surface area contributed by atoms with E-state index in [2.05, 4.69) is 0 Å². The van der Waals surface area contributed by atoms with Crippen molar-refractivity contribution in [3.8, 4) is 6.07 Å². The predicted molar refractivity (Wildman–Crippen MR) is 60.6 cm³/mol. The third kappa shape index (κ3) is 3.41. The Labute approximate surface area is 94.9 Å². The number of hydrogen-bond donors (Lipinski definition) is 0. The molecule has 0 aliphatic heterocycles. The molecule has 0 atom stereocenters. The van der Waals surface area contributed by atoms with E-state index in [1.54, 1.807) is 30.3 Å². The summed E-state index contributed by atoms with van der Waals surface area (Å²) in [5.74, 6) is 0.0746. The third-order valence-corrected chi connectivity index (χ3v) is 2.25. The second-order valence-corrected chi connectivity index (χ2v) is 4.79. The molecule has 1 rings (SSSR count). The van der Waals surface area contributed by atoms with E-state index in [4.69, 9.17) is 9.44 Å². The average molecular weight is 237 g/mol. The highest BCUT2D eigenvalue weighted by Crippen LogP contribution is 2.21. The van der Waals surface area contributed by atoms with Crippen LogP contribution in [0, 0.1) is 11.3 Å². The molecule has 0 spiro atoms. The first-order valence-electron chi connectivity index (χ1n) is 4.50. The first kappa shape index (κ1) is 12.3. The van der Waals surface area contributed by atoms with E-state index in [0.29, 0.717) is 5.56 Å². The Hall–Kier alpha value is -1.80. The van der Waals surface area contributed by atoms with E-state index in [1.807, 2.05) is 6.07 Å². The standard InChI is InChI=1S/C11H11NO3S/c1-9(8-12)11(15-16(2,13)14)10-6-4-3-5-7-10/h3-7H,1-2H3/b11-9-. The Bertz CT molecular complexity index is 538. The van der Waals surface area contributed by atoms with Crippen molar-refractivity contribution in [2.45, 2.75) is 6.92 Å². The Kier molecular flexibility index (Phi) is 3.69. The Morgan fingerprint density at radius 1 is 1.31 bits per heavy atom. The smallest absolute Gasteiger partial charge is 0.306 e. The minimum absolute atomic E-state index is 0.0746. The van der Waals surface area contributed by atoms with Gasteiger partial charge in [0.15, 0.2) is 5.76 Å². The molecular formula is C11H11NO3S. The zero-order valence-corrected chi connectivity index (χ0v) is 9.78. The van der Waals surface area contributed by atoms with Gasteiger partial charge in [0.25, 0.3) is 0 Å². The molecule has 0 unspecified atom stereocenters. The van der Waals surface area contributed by atoms with Crippen molar-refractivity contribution < 1.29 is 12.6 Å². The Balaban J connectivity index is 3.26. The average Bonchev–Trinajstić information content (AvgIpc) is 2.25. The van der Waals surface area contributed by atoms with Gasteiger partial charge in [0.05, 0.1) is 17.9 Å². The highest BCUT2D eigenvalue weighted by atomic mass is 32.2. The molecule has 0 aliphatic rings. The van der Waals surface area contributed by atoms with Crippen molar-refractivity contribution in [2.75, 3.05) is 6.26 Å². The summed E-state index contributed by atoms with van der Waals surface area (Å²) >= 11 is 0. The van der Waals surface area contributed by atoms with Crippen molar-refractivity contribution in [3.05, 3.63) is 41.5 Å². The normalized spacial score (nSPS) is 12.6.